The highest BCUT2D eigenvalue weighted by atomic mass is 19.4. The van der Waals surface area contributed by atoms with Gasteiger partial charge in [0.05, 0.1) is 5.41 Å². The number of hydrogen-bond donors (Lipinski definition) is 2. The second-order valence-corrected chi connectivity index (χ2v) is 10.5. The number of carbonyl (C=O) groups is 2. The molecule has 40 heavy (non-hydrogen) atoms. The topological polar surface area (TPSA) is 126 Å². The quantitative estimate of drug-likeness (QED) is 0.466. The van der Waals surface area contributed by atoms with Crippen LogP contribution in [0.4, 0.5) is 19.0 Å². The van der Waals surface area contributed by atoms with Gasteiger partial charge in [-0.05, 0) is 37.9 Å². The van der Waals surface area contributed by atoms with Crippen LogP contribution in [0, 0.1) is 17.2 Å². The molecule has 1 aliphatic rings. The molecule has 0 radical (unpaired) electrons. The number of aromatic nitrogens is 2. The maximum atomic E-state index is 13.7. The number of rotatable bonds is 8. The number of piperazine rings is 1. The van der Waals surface area contributed by atoms with Crippen molar-refractivity contribution in [2.45, 2.75) is 45.8 Å². The van der Waals surface area contributed by atoms with Gasteiger partial charge in [-0.15, -0.1) is 0 Å². The first-order valence-corrected chi connectivity index (χ1v) is 12.8. The molecule has 0 atom stereocenters. The SMILES string of the molecule is CC(C)CNN(C(=O)C(C)(C)c1ccc(CN2CCN(C)CC2)cc1)c1ccnc(C#N)n1.O=C(O)C(F)(F)F. The molecule has 1 aliphatic heterocycles. The molecular weight excluding hydrogens is 527 g/mol. The van der Waals surface area contributed by atoms with Gasteiger partial charge in [-0.2, -0.15) is 23.4 Å². The van der Waals surface area contributed by atoms with Gasteiger partial charge < -0.3 is 10.0 Å². The van der Waals surface area contributed by atoms with Crippen LogP contribution in [-0.4, -0.2) is 82.7 Å². The van der Waals surface area contributed by atoms with E-state index in [-0.39, 0.29) is 11.7 Å². The van der Waals surface area contributed by atoms with Crippen molar-refractivity contribution in [3.63, 3.8) is 0 Å². The zero-order chi connectivity index (χ0) is 30.1. The third-order valence-electron chi connectivity index (χ3n) is 6.29. The molecule has 2 aromatic rings. The molecule has 0 aliphatic carbocycles. The van der Waals surface area contributed by atoms with Gasteiger partial charge >= 0.3 is 12.1 Å². The van der Waals surface area contributed by atoms with Gasteiger partial charge in [-0.1, -0.05) is 38.1 Å². The first kappa shape index (κ1) is 32.6. The molecular formula is C27H36F3N7O3. The van der Waals surface area contributed by atoms with Crippen LogP contribution < -0.4 is 10.4 Å². The van der Waals surface area contributed by atoms with E-state index in [1.807, 2.05) is 32.0 Å². The average molecular weight is 564 g/mol. The number of carbonyl (C=O) groups excluding carboxylic acids is 1. The van der Waals surface area contributed by atoms with E-state index in [2.05, 4.69) is 58.2 Å². The predicted octanol–water partition coefficient (Wildman–Crippen LogP) is 3.20. The van der Waals surface area contributed by atoms with Crippen LogP contribution in [-0.2, 0) is 21.5 Å². The number of anilines is 1. The minimum atomic E-state index is -5.08. The van der Waals surface area contributed by atoms with Crippen molar-refractivity contribution in [1.82, 2.24) is 25.2 Å². The molecule has 1 aromatic heterocycles. The number of amides is 1. The first-order valence-electron chi connectivity index (χ1n) is 12.8. The number of nitrogens with one attached hydrogen (secondary N) is 1. The Hall–Kier alpha value is -3.60. The Labute approximate surface area is 232 Å². The van der Waals surface area contributed by atoms with Gasteiger partial charge in [-0.25, -0.2) is 20.2 Å². The van der Waals surface area contributed by atoms with Gasteiger partial charge in [-0.3, -0.25) is 9.69 Å². The maximum absolute atomic E-state index is 13.7. The fourth-order valence-electron chi connectivity index (χ4n) is 3.75. The van der Waals surface area contributed by atoms with Crippen LogP contribution in [0.15, 0.2) is 36.5 Å². The molecule has 13 heteroatoms. The van der Waals surface area contributed by atoms with Gasteiger partial charge in [0.2, 0.25) is 5.82 Å². The Morgan fingerprint density at radius 1 is 1.12 bits per heavy atom. The largest absolute Gasteiger partial charge is 0.490 e. The summed E-state index contributed by atoms with van der Waals surface area (Å²) in [5.74, 6) is -2.17. The van der Waals surface area contributed by atoms with Gasteiger partial charge in [0, 0.05) is 51.5 Å². The highest BCUT2D eigenvalue weighted by molar-refractivity contribution is 5.99. The zero-order valence-corrected chi connectivity index (χ0v) is 23.4. The monoisotopic (exact) mass is 563 g/mol. The summed E-state index contributed by atoms with van der Waals surface area (Å²) in [4.78, 5) is 35.6. The van der Waals surface area contributed by atoms with Crippen molar-refractivity contribution in [1.29, 1.82) is 5.26 Å². The number of halogens is 3. The normalized spacial score (nSPS) is 14.7. The summed E-state index contributed by atoms with van der Waals surface area (Å²) in [6, 6.07) is 11.9. The lowest BCUT2D eigenvalue weighted by Gasteiger charge is -2.33. The van der Waals surface area contributed by atoms with E-state index in [1.165, 1.54) is 16.8 Å². The fraction of sp³-hybridized carbons (Fsp3) is 0.519. The van der Waals surface area contributed by atoms with Crippen molar-refractivity contribution in [2.75, 3.05) is 44.8 Å². The van der Waals surface area contributed by atoms with E-state index in [1.54, 1.807) is 6.07 Å². The first-order chi connectivity index (χ1) is 18.6. The van der Waals surface area contributed by atoms with Crippen LogP contribution in [0.3, 0.4) is 0 Å². The summed E-state index contributed by atoms with van der Waals surface area (Å²) < 4.78 is 31.7. The highest BCUT2D eigenvalue weighted by Gasteiger charge is 2.38. The number of carboxylic acids is 1. The molecule has 2 N–H and O–H groups in total. The molecule has 0 saturated carbocycles. The van der Waals surface area contributed by atoms with Crippen molar-refractivity contribution >= 4 is 17.7 Å². The molecule has 10 nitrogen and oxygen atoms in total. The Balaban J connectivity index is 0.000000708. The zero-order valence-electron chi connectivity index (χ0n) is 23.4. The van der Waals surface area contributed by atoms with E-state index in [0.717, 1.165) is 38.3 Å². The Bertz CT molecular complexity index is 1170. The summed E-state index contributed by atoms with van der Waals surface area (Å²) in [6.45, 7) is 13.8. The summed E-state index contributed by atoms with van der Waals surface area (Å²) >= 11 is 0. The molecule has 0 unspecified atom stereocenters. The van der Waals surface area contributed by atoms with Crippen LogP contribution in [0.2, 0.25) is 0 Å². The van der Waals surface area contributed by atoms with Crippen LogP contribution in [0.1, 0.15) is 44.6 Å². The molecule has 2 heterocycles. The number of benzene rings is 1. The number of likely N-dealkylation sites (N-methyl/N-ethyl adjacent to an activating group) is 1. The van der Waals surface area contributed by atoms with Crippen LogP contribution in [0.25, 0.3) is 0 Å². The molecule has 1 fully saturated rings. The van der Waals surface area contributed by atoms with E-state index in [9.17, 15) is 23.2 Å². The second-order valence-electron chi connectivity index (χ2n) is 10.5. The number of aliphatic carboxylic acids is 1. The predicted molar refractivity (Wildman–Crippen MR) is 143 cm³/mol. The van der Waals surface area contributed by atoms with E-state index in [4.69, 9.17) is 9.90 Å². The minimum absolute atomic E-state index is 0.0303. The molecule has 1 aromatic carbocycles. The second kappa shape index (κ2) is 14.2. The van der Waals surface area contributed by atoms with Crippen LogP contribution >= 0.6 is 0 Å². The number of alkyl halides is 3. The molecule has 3 rings (SSSR count). The lowest BCUT2D eigenvalue weighted by atomic mass is 9.83. The number of carboxylic acid groups (broad SMARTS) is 1. The standard InChI is InChI=1S/C25H35N7O.C2HF3O2/c1-19(2)17-28-32(23-10-11-27-22(16-26)29-23)24(33)25(3,4)21-8-6-20(7-9-21)18-31-14-12-30(5)13-15-31;3-2(4,5)1(6)7/h6-11,19,28H,12-15,17-18H2,1-5H3;(H,6,7). The third kappa shape index (κ3) is 9.55. The third-order valence-corrected chi connectivity index (χ3v) is 6.29. The van der Waals surface area contributed by atoms with E-state index < -0.39 is 17.6 Å². The van der Waals surface area contributed by atoms with Gasteiger partial charge in [0.15, 0.2) is 5.82 Å². The Morgan fingerprint density at radius 3 is 2.20 bits per heavy atom. The van der Waals surface area contributed by atoms with Crippen molar-refractivity contribution in [3.8, 4) is 6.07 Å². The maximum Gasteiger partial charge on any atom is 0.490 e. The number of nitriles is 1. The van der Waals surface area contributed by atoms with Crippen molar-refractivity contribution < 1.29 is 27.9 Å². The van der Waals surface area contributed by atoms with Crippen molar-refractivity contribution in [2.24, 2.45) is 5.92 Å². The minimum Gasteiger partial charge on any atom is -0.475 e. The molecule has 0 spiro atoms. The Kier molecular flexibility index (Phi) is 11.5. The smallest absolute Gasteiger partial charge is 0.475 e. The van der Waals surface area contributed by atoms with E-state index >= 15 is 0 Å². The lowest BCUT2D eigenvalue weighted by molar-refractivity contribution is -0.192. The summed E-state index contributed by atoms with van der Waals surface area (Å²) in [5, 5.41) is 17.8. The average Bonchev–Trinajstić information content (AvgIpc) is 2.90. The fourth-order valence-corrected chi connectivity index (χ4v) is 3.75. The molecule has 0 bridgehead atoms. The highest BCUT2D eigenvalue weighted by Crippen LogP contribution is 2.28. The molecule has 1 saturated heterocycles. The number of hydrazine groups is 1. The van der Waals surface area contributed by atoms with Crippen LogP contribution in [0.5, 0.6) is 0 Å². The summed E-state index contributed by atoms with van der Waals surface area (Å²) in [7, 11) is 2.16. The van der Waals surface area contributed by atoms with Crippen molar-refractivity contribution in [3.05, 3.63) is 53.5 Å². The summed E-state index contributed by atoms with van der Waals surface area (Å²) in [6.07, 6.45) is -3.58. The van der Waals surface area contributed by atoms with E-state index in [0.29, 0.717) is 18.3 Å². The molecule has 1 amide bonds. The molecule has 218 valence electrons. The Morgan fingerprint density at radius 2 is 1.70 bits per heavy atom. The lowest BCUT2D eigenvalue weighted by Crippen LogP contribution is -2.52. The van der Waals surface area contributed by atoms with Gasteiger partial charge in [0.25, 0.3) is 5.91 Å². The summed E-state index contributed by atoms with van der Waals surface area (Å²) in [5.41, 5.74) is 4.58. The number of nitrogens with zero attached hydrogens (tertiary/aromatic N) is 6. The number of hydrogen-bond acceptors (Lipinski definition) is 8. The van der Waals surface area contributed by atoms with Gasteiger partial charge in [0.1, 0.15) is 6.07 Å².